The third-order valence-electron chi connectivity index (χ3n) is 3.34. The molecule has 120 valence electrons. The lowest BCUT2D eigenvalue weighted by atomic mass is 10.1. The molecule has 0 spiro atoms. The lowest BCUT2D eigenvalue weighted by molar-refractivity contribution is -0.384. The maximum absolute atomic E-state index is 11.9. The standard InChI is InChI=1S/C17H18N2O4/c20-16(10-13-5-2-1-3-6-13)12-18-17(21)11-14-7-4-8-15(9-14)19(22)23/h1-9,16,20H,10-12H2,(H,18,21). The Morgan fingerprint density at radius 1 is 1.13 bits per heavy atom. The van der Waals surface area contributed by atoms with Crippen molar-refractivity contribution in [2.45, 2.75) is 18.9 Å². The summed E-state index contributed by atoms with van der Waals surface area (Å²) in [5, 5.41) is 23.3. The van der Waals surface area contributed by atoms with E-state index < -0.39 is 11.0 Å². The number of nitrogens with one attached hydrogen (secondary N) is 1. The molecule has 1 unspecified atom stereocenters. The van der Waals surface area contributed by atoms with E-state index in [1.165, 1.54) is 12.1 Å². The molecule has 2 N–H and O–H groups in total. The van der Waals surface area contributed by atoms with Crippen LogP contribution in [0.2, 0.25) is 0 Å². The molecule has 0 aliphatic heterocycles. The average Bonchev–Trinajstić information content (AvgIpc) is 2.54. The molecular weight excluding hydrogens is 296 g/mol. The van der Waals surface area contributed by atoms with E-state index >= 15 is 0 Å². The summed E-state index contributed by atoms with van der Waals surface area (Å²) in [4.78, 5) is 22.1. The number of nitro groups is 1. The van der Waals surface area contributed by atoms with E-state index in [1.54, 1.807) is 12.1 Å². The molecule has 6 heteroatoms. The van der Waals surface area contributed by atoms with Crippen LogP contribution in [0.15, 0.2) is 54.6 Å². The van der Waals surface area contributed by atoms with Gasteiger partial charge in [-0.3, -0.25) is 14.9 Å². The van der Waals surface area contributed by atoms with E-state index in [2.05, 4.69) is 5.32 Å². The van der Waals surface area contributed by atoms with Gasteiger partial charge in [0.2, 0.25) is 5.91 Å². The Morgan fingerprint density at radius 3 is 2.52 bits per heavy atom. The second-order valence-corrected chi connectivity index (χ2v) is 5.25. The highest BCUT2D eigenvalue weighted by atomic mass is 16.6. The third kappa shape index (κ3) is 5.52. The molecule has 2 aromatic carbocycles. The SMILES string of the molecule is O=C(Cc1cccc([N+](=O)[O-])c1)NCC(O)Cc1ccccc1. The minimum Gasteiger partial charge on any atom is -0.391 e. The van der Waals surface area contributed by atoms with Gasteiger partial charge in [0, 0.05) is 25.1 Å². The first-order valence-corrected chi connectivity index (χ1v) is 7.26. The molecule has 0 heterocycles. The van der Waals surface area contributed by atoms with Crippen LogP contribution >= 0.6 is 0 Å². The highest BCUT2D eigenvalue weighted by molar-refractivity contribution is 5.78. The highest BCUT2D eigenvalue weighted by Gasteiger charge is 2.11. The molecule has 2 rings (SSSR count). The molecule has 0 radical (unpaired) electrons. The van der Waals surface area contributed by atoms with Crippen molar-refractivity contribution in [3.63, 3.8) is 0 Å². The fourth-order valence-electron chi connectivity index (χ4n) is 2.22. The Kier molecular flexibility index (Phi) is 5.82. The number of aliphatic hydroxyl groups excluding tert-OH is 1. The Bertz CT molecular complexity index is 673. The Morgan fingerprint density at radius 2 is 1.83 bits per heavy atom. The summed E-state index contributed by atoms with van der Waals surface area (Å²) in [5.41, 5.74) is 1.52. The molecule has 0 saturated heterocycles. The molecule has 1 amide bonds. The number of carbonyl (C=O) groups excluding carboxylic acids is 1. The van der Waals surface area contributed by atoms with E-state index in [-0.39, 0.29) is 24.6 Å². The predicted octanol–water partition coefficient (Wildman–Crippen LogP) is 1.86. The number of aliphatic hydroxyl groups is 1. The summed E-state index contributed by atoms with van der Waals surface area (Å²) in [6.07, 6.45) is -0.177. The number of carbonyl (C=O) groups is 1. The molecule has 0 saturated carbocycles. The van der Waals surface area contributed by atoms with Crippen molar-refractivity contribution >= 4 is 11.6 Å². The van der Waals surface area contributed by atoms with Gasteiger partial charge in [0.05, 0.1) is 17.4 Å². The van der Waals surface area contributed by atoms with Gasteiger partial charge in [-0.25, -0.2) is 0 Å². The van der Waals surface area contributed by atoms with Crippen molar-refractivity contribution in [3.05, 3.63) is 75.8 Å². The smallest absolute Gasteiger partial charge is 0.269 e. The summed E-state index contributed by atoms with van der Waals surface area (Å²) in [5.74, 6) is -0.280. The summed E-state index contributed by atoms with van der Waals surface area (Å²) in [7, 11) is 0. The molecule has 0 fully saturated rings. The first kappa shape index (κ1) is 16.6. The zero-order valence-electron chi connectivity index (χ0n) is 12.5. The van der Waals surface area contributed by atoms with Crippen LogP contribution in [-0.2, 0) is 17.6 Å². The number of non-ortho nitro benzene ring substituents is 1. The number of nitro benzene ring substituents is 1. The maximum atomic E-state index is 11.9. The lowest BCUT2D eigenvalue weighted by Gasteiger charge is -2.12. The number of amides is 1. The largest absolute Gasteiger partial charge is 0.391 e. The molecule has 1 atom stereocenters. The van der Waals surface area contributed by atoms with E-state index in [9.17, 15) is 20.0 Å². The predicted molar refractivity (Wildman–Crippen MR) is 86.0 cm³/mol. The van der Waals surface area contributed by atoms with Crippen LogP contribution in [0.5, 0.6) is 0 Å². The molecule has 0 bridgehead atoms. The topological polar surface area (TPSA) is 92.5 Å². The van der Waals surface area contributed by atoms with Crippen molar-refractivity contribution in [3.8, 4) is 0 Å². The van der Waals surface area contributed by atoms with Gasteiger partial charge in [-0.2, -0.15) is 0 Å². The van der Waals surface area contributed by atoms with Crippen molar-refractivity contribution < 1.29 is 14.8 Å². The Labute approximate surface area is 133 Å². The third-order valence-corrected chi connectivity index (χ3v) is 3.34. The minimum absolute atomic E-state index is 0.0414. The van der Waals surface area contributed by atoms with Crippen LogP contribution in [0.3, 0.4) is 0 Å². The van der Waals surface area contributed by atoms with Crippen LogP contribution in [0.1, 0.15) is 11.1 Å². The molecule has 0 aromatic heterocycles. The minimum atomic E-state index is -0.675. The molecule has 2 aromatic rings. The van der Waals surface area contributed by atoms with Gasteiger partial charge in [-0.05, 0) is 11.1 Å². The number of hydrogen-bond donors (Lipinski definition) is 2. The van der Waals surface area contributed by atoms with Gasteiger partial charge in [0.15, 0.2) is 0 Å². The monoisotopic (exact) mass is 314 g/mol. The quantitative estimate of drug-likeness (QED) is 0.602. The Balaban J connectivity index is 1.81. The summed E-state index contributed by atoms with van der Waals surface area (Å²) in [6, 6.07) is 15.5. The number of hydrogen-bond acceptors (Lipinski definition) is 4. The van der Waals surface area contributed by atoms with Crippen molar-refractivity contribution in [1.29, 1.82) is 0 Å². The fraction of sp³-hybridized carbons (Fsp3) is 0.235. The second kappa shape index (κ2) is 8.05. The summed E-state index contributed by atoms with van der Waals surface area (Å²) < 4.78 is 0. The van der Waals surface area contributed by atoms with Gasteiger partial charge in [0.1, 0.15) is 0 Å². The molecule has 23 heavy (non-hydrogen) atoms. The average molecular weight is 314 g/mol. The zero-order chi connectivity index (χ0) is 16.7. The van der Waals surface area contributed by atoms with Gasteiger partial charge in [0.25, 0.3) is 5.69 Å². The second-order valence-electron chi connectivity index (χ2n) is 5.25. The van der Waals surface area contributed by atoms with E-state index in [0.29, 0.717) is 12.0 Å². The van der Waals surface area contributed by atoms with Gasteiger partial charge in [-0.15, -0.1) is 0 Å². The van der Waals surface area contributed by atoms with Crippen LogP contribution in [-0.4, -0.2) is 28.6 Å². The van der Waals surface area contributed by atoms with Crippen LogP contribution < -0.4 is 5.32 Å². The van der Waals surface area contributed by atoms with E-state index in [0.717, 1.165) is 5.56 Å². The molecular formula is C17H18N2O4. The molecule has 6 nitrogen and oxygen atoms in total. The van der Waals surface area contributed by atoms with E-state index in [1.807, 2.05) is 30.3 Å². The van der Waals surface area contributed by atoms with Gasteiger partial charge >= 0.3 is 0 Å². The normalized spacial score (nSPS) is 11.7. The fourth-order valence-corrected chi connectivity index (χ4v) is 2.22. The van der Waals surface area contributed by atoms with Crippen molar-refractivity contribution in [2.24, 2.45) is 0 Å². The summed E-state index contributed by atoms with van der Waals surface area (Å²) in [6.45, 7) is 0.142. The number of nitrogens with zero attached hydrogens (tertiary/aromatic N) is 1. The summed E-state index contributed by atoms with van der Waals surface area (Å²) >= 11 is 0. The zero-order valence-corrected chi connectivity index (χ0v) is 12.5. The molecule has 0 aliphatic carbocycles. The Hall–Kier alpha value is -2.73. The van der Waals surface area contributed by atoms with Gasteiger partial charge in [-0.1, -0.05) is 42.5 Å². The van der Waals surface area contributed by atoms with Gasteiger partial charge < -0.3 is 10.4 Å². The van der Waals surface area contributed by atoms with E-state index in [4.69, 9.17) is 0 Å². The number of benzene rings is 2. The van der Waals surface area contributed by atoms with Crippen LogP contribution in [0, 0.1) is 10.1 Å². The van der Waals surface area contributed by atoms with Crippen molar-refractivity contribution in [2.75, 3.05) is 6.54 Å². The molecule has 0 aliphatic rings. The van der Waals surface area contributed by atoms with Crippen molar-refractivity contribution in [1.82, 2.24) is 5.32 Å². The van der Waals surface area contributed by atoms with Crippen LogP contribution in [0.25, 0.3) is 0 Å². The highest BCUT2D eigenvalue weighted by Crippen LogP contribution is 2.13. The maximum Gasteiger partial charge on any atom is 0.269 e. The first-order chi connectivity index (χ1) is 11.0. The lowest BCUT2D eigenvalue weighted by Crippen LogP contribution is -2.34. The first-order valence-electron chi connectivity index (χ1n) is 7.26. The van der Waals surface area contributed by atoms with Crippen LogP contribution in [0.4, 0.5) is 5.69 Å². The number of rotatable bonds is 7.